The first kappa shape index (κ1) is 10.7. The number of nitrogens with one attached hydrogen (secondary N) is 1. The van der Waals surface area contributed by atoms with Gasteiger partial charge in [-0.25, -0.2) is 9.78 Å². The van der Waals surface area contributed by atoms with E-state index in [9.17, 15) is 4.79 Å². The van der Waals surface area contributed by atoms with Crippen LogP contribution in [0, 0.1) is 0 Å². The van der Waals surface area contributed by atoms with Crippen molar-refractivity contribution in [3.8, 4) is 0 Å². The lowest BCUT2D eigenvalue weighted by Gasteiger charge is -2.13. The Hall–Kier alpha value is -1.36. The highest BCUT2D eigenvalue weighted by atomic mass is 16.4. The number of aromatic carboxylic acids is 1. The third kappa shape index (κ3) is 1.93. The topological polar surface area (TPSA) is 67.2 Å². The average molecular weight is 197 g/mol. The van der Waals surface area contributed by atoms with Crippen molar-refractivity contribution in [2.45, 2.75) is 26.4 Å². The lowest BCUT2D eigenvalue weighted by molar-refractivity contribution is 0.0683. The molecule has 1 rings (SSSR count). The largest absolute Gasteiger partial charge is 0.477 e. The Labute approximate surface area is 82.8 Å². The Balaban J connectivity index is 3.13. The summed E-state index contributed by atoms with van der Waals surface area (Å²) in [6.45, 7) is 4.45. The van der Waals surface area contributed by atoms with Crippen molar-refractivity contribution in [1.29, 1.82) is 0 Å². The van der Waals surface area contributed by atoms with Gasteiger partial charge in [0.05, 0.1) is 12.7 Å². The van der Waals surface area contributed by atoms with Gasteiger partial charge >= 0.3 is 5.97 Å². The smallest absolute Gasteiger partial charge is 0.354 e. The van der Waals surface area contributed by atoms with Crippen LogP contribution in [-0.2, 0) is 6.54 Å². The summed E-state index contributed by atoms with van der Waals surface area (Å²) in [5.41, 5.74) is 0.241. The molecule has 0 saturated carbocycles. The maximum absolute atomic E-state index is 10.9. The van der Waals surface area contributed by atoms with Crippen LogP contribution in [0.4, 0.5) is 0 Å². The molecule has 78 valence electrons. The van der Waals surface area contributed by atoms with Crippen molar-refractivity contribution < 1.29 is 9.90 Å². The molecule has 1 heterocycles. The molecule has 0 aromatic carbocycles. The third-order valence-electron chi connectivity index (χ3n) is 1.94. The van der Waals surface area contributed by atoms with Crippen LogP contribution in [0.5, 0.6) is 0 Å². The van der Waals surface area contributed by atoms with E-state index < -0.39 is 5.97 Å². The number of rotatable bonds is 4. The third-order valence-corrected chi connectivity index (χ3v) is 1.94. The normalized spacial score (nSPS) is 10.9. The quantitative estimate of drug-likeness (QED) is 0.752. The molecular weight excluding hydrogens is 182 g/mol. The van der Waals surface area contributed by atoms with Crippen LogP contribution in [0.15, 0.2) is 6.20 Å². The van der Waals surface area contributed by atoms with Gasteiger partial charge in [-0.1, -0.05) is 0 Å². The fraction of sp³-hybridized carbons (Fsp3) is 0.556. The van der Waals surface area contributed by atoms with Crippen molar-refractivity contribution in [3.63, 3.8) is 0 Å². The van der Waals surface area contributed by atoms with Crippen LogP contribution in [0.3, 0.4) is 0 Å². The Morgan fingerprint density at radius 1 is 1.71 bits per heavy atom. The van der Waals surface area contributed by atoms with E-state index in [-0.39, 0.29) is 11.7 Å². The zero-order chi connectivity index (χ0) is 10.7. The fourth-order valence-electron chi connectivity index (χ4n) is 1.42. The predicted octanol–water partition coefficient (Wildman–Crippen LogP) is 0.882. The molecule has 0 aliphatic heterocycles. The zero-order valence-electron chi connectivity index (χ0n) is 8.61. The standard InChI is InChI=1S/C9H15N3O2/c1-6(2)12-7(9(13)14)4-11-8(12)5-10-3/h4,6,10H,5H2,1-3H3,(H,13,14). The molecule has 0 unspecified atom stereocenters. The van der Waals surface area contributed by atoms with Crippen molar-refractivity contribution in [3.05, 3.63) is 17.7 Å². The van der Waals surface area contributed by atoms with Gasteiger partial charge in [0, 0.05) is 6.04 Å². The summed E-state index contributed by atoms with van der Waals surface area (Å²) in [5, 5.41) is 11.9. The molecule has 0 aliphatic carbocycles. The Kier molecular flexibility index (Phi) is 3.24. The fourth-order valence-corrected chi connectivity index (χ4v) is 1.42. The van der Waals surface area contributed by atoms with Crippen molar-refractivity contribution in [2.24, 2.45) is 0 Å². The Bertz CT molecular complexity index is 331. The zero-order valence-corrected chi connectivity index (χ0v) is 8.61. The van der Waals surface area contributed by atoms with E-state index in [2.05, 4.69) is 10.3 Å². The molecule has 0 aliphatic rings. The van der Waals surface area contributed by atoms with Gasteiger partial charge in [-0.05, 0) is 20.9 Å². The van der Waals surface area contributed by atoms with Crippen LogP contribution < -0.4 is 5.32 Å². The lowest BCUT2D eigenvalue weighted by atomic mass is 10.3. The minimum absolute atomic E-state index is 0.104. The Morgan fingerprint density at radius 3 is 2.79 bits per heavy atom. The molecule has 1 aromatic heterocycles. The molecule has 5 heteroatoms. The van der Waals surface area contributed by atoms with Crippen molar-refractivity contribution in [2.75, 3.05) is 7.05 Å². The second kappa shape index (κ2) is 4.23. The number of carboxylic acids is 1. The van der Waals surface area contributed by atoms with Gasteiger partial charge in [0.25, 0.3) is 0 Å². The van der Waals surface area contributed by atoms with Crippen molar-refractivity contribution >= 4 is 5.97 Å². The first-order valence-electron chi connectivity index (χ1n) is 4.52. The van der Waals surface area contributed by atoms with Gasteiger partial charge in [0.15, 0.2) is 0 Å². The summed E-state index contributed by atoms with van der Waals surface area (Å²) in [6.07, 6.45) is 1.40. The summed E-state index contributed by atoms with van der Waals surface area (Å²) in [4.78, 5) is 14.9. The Morgan fingerprint density at radius 2 is 2.36 bits per heavy atom. The van der Waals surface area contributed by atoms with Crippen LogP contribution in [0.2, 0.25) is 0 Å². The van der Waals surface area contributed by atoms with E-state index in [1.807, 2.05) is 13.8 Å². The number of nitrogens with zero attached hydrogens (tertiary/aromatic N) is 2. The van der Waals surface area contributed by atoms with Crippen LogP contribution in [-0.4, -0.2) is 27.7 Å². The summed E-state index contributed by atoms with van der Waals surface area (Å²) >= 11 is 0. The van der Waals surface area contributed by atoms with Crippen LogP contribution in [0.25, 0.3) is 0 Å². The molecule has 2 N–H and O–H groups in total. The SMILES string of the molecule is CNCc1ncc(C(=O)O)n1C(C)C. The van der Waals surface area contributed by atoms with Gasteiger partial charge in [-0.2, -0.15) is 0 Å². The number of hydrogen-bond donors (Lipinski definition) is 2. The maximum atomic E-state index is 10.9. The molecule has 0 spiro atoms. The minimum Gasteiger partial charge on any atom is -0.477 e. The molecule has 5 nitrogen and oxygen atoms in total. The summed E-state index contributed by atoms with van der Waals surface area (Å²) in [6, 6.07) is 0.104. The first-order chi connectivity index (χ1) is 6.57. The number of carbonyl (C=O) groups is 1. The van der Waals surface area contributed by atoms with Crippen LogP contribution in [0.1, 0.15) is 36.2 Å². The monoisotopic (exact) mass is 197 g/mol. The van der Waals surface area contributed by atoms with Gasteiger partial charge in [0.1, 0.15) is 11.5 Å². The molecule has 0 fully saturated rings. The lowest BCUT2D eigenvalue weighted by Crippen LogP contribution is -2.17. The summed E-state index contributed by atoms with van der Waals surface area (Å²) in [5.74, 6) is -0.187. The summed E-state index contributed by atoms with van der Waals surface area (Å²) < 4.78 is 1.72. The second-order valence-electron chi connectivity index (χ2n) is 3.36. The second-order valence-corrected chi connectivity index (χ2v) is 3.36. The molecule has 0 radical (unpaired) electrons. The average Bonchev–Trinajstić information content (AvgIpc) is 2.48. The molecule has 0 atom stereocenters. The predicted molar refractivity (Wildman–Crippen MR) is 52.3 cm³/mol. The molecule has 14 heavy (non-hydrogen) atoms. The van der Waals surface area contributed by atoms with E-state index in [4.69, 9.17) is 5.11 Å². The highest BCUT2D eigenvalue weighted by molar-refractivity contribution is 5.85. The van der Waals surface area contributed by atoms with E-state index in [0.29, 0.717) is 6.54 Å². The van der Waals surface area contributed by atoms with E-state index in [1.54, 1.807) is 11.6 Å². The maximum Gasteiger partial charge on any atom is 0.354 e. The van der Waals surface area contributed by atoms with E-state index in [0.717, 1.165) is 5.82 Å². The minimum atomic E-state index is -0.937. The number of carboxylic acid groups (broad SMARTS) is 1. The van der Waals surface area contributed by atoms with Crippen LogP contribution >= 0.6 is 0 Å². The molecule has 0 amide bonds. The number of imidazole rings is 1. The van der Waals surface area contributed by atoms with Gasteiger partial charge in [-0.15, -0.1) is 0 Å². The van der Waals surface area contributed by atoms with E-state index >= 15 is 0 Å². The molecule has 0 bridgehead atoms. The van der Waals surface area contributed by atoms with E-state index in [1.165, 1.54) is 6.20 Å². The van der Waals surface area contributed by atoms with Gasteiger partial charge in [0.2, 0.25) is 0 Å². The van der Waals surface area contributed by atoms with Gasteiger partial charge in [-0.3, -0.25) is 0 Å². The number of aromatic nitrogens is 2. The molecule has 0 saturated heterocycles. The highest BCUT2D eigenvalue weighted by Gasteiger charge is 2.16. The first-order valence-corrected chi connectivity index (χ1v) is 4.52. The highest BCUT2D eigenvalue weighted by Crippen LogP contribution is 2.13. The van der Waals surface area contributed by atoms with Gasteiger partial charge < -0.3 is 15.0 Å². The molecular formula is C9H15N3O2. The summed E-state index contributed by atoms with van der Waals surface area (Å²) in [7, 11) is 1.81. The number of hydrogen-bond acceptors (Lipinski definition) is 3. The van der Waals surface area contributed by atoms with Crippen molar-refractivity contribution in [1.82, 2.24) is 14.9 Å². The molecule has 1 aromatic rings.